The van der Waals surface area contributed by atoms with Gasteiger partial charge in [-0.2, -0.15) is 13.2 Å². The molecule has 98 valence electrons. The molecule has 1 aromatic rings. The van der Waals surface area contributed by atoms with Crippen LogP contribution in [0.15, 0.2) is 24.3 Å². The Bertz CT molecular complexity index is 472. The fourth-order valence-electron chi connectivity index (χ4n) is 1.23. The molecule has 0 spiro atoms. The molecule has 0 radical (unpaired) electrons. The number of rotatable bonds is 3. The monoisotopic (exact) mass is 260 g/mol. The van der Waals surface area contributed by atoms with E-state index in [1.165, 1.54) is 18.2 Å². The smallest absolute Gasteiger partial charge is 0.295 e. The molecular formula is C13H12F4O. The van der Waals surface area contributed by atoms with Crippen LogP contribution in [0.3, 0.4) is 0 Å². The predicted molar refractivity (Wildman–Crippen MR) is 60.3 cm³/mol. The summed E-state index contributed by atoms with van der Waals surface area (Å²) in [5.41, 5.74) is -1.20. The third-order valence-electron chi connectivity index (χ3n) is 2.30. The molecule has 0 aromatic heterocycles. The van der Waals surface area contributed by atoms with Crippen molar-refractivity contribution in [2.45, 2.75) is 20.0 Å². The van der Waals surface area contributed by atoms with Gasteiger partial charge in [0.15, 0.2) is 5.78 Å². The molecule has 0 saturated carbocycles. The maximum absolute atomic E-state index is 13.0. The van der Waals surface area contributed by atoms with Gasteiger partial charge in [0.25, 0.3) is 0 Å². The van der Waals surface area contributed by atoms with E-state index < -0.39 is 17.6 Å². The summed E-state index contributed by atoms with van der Waals surface area (Å²) in [6.07, 6.45) is -2.30. The number of carbonyl (C=O) groups excluding carboxylic acids is 1. The van der Waals surface area contributed by atoms with E-state index in [0.29, 0.717) is 6.07 Å². The summed E-state index contributed by atoms with van der Waals surface area (Å²) in [6.45, 7) is 3.36. The lowest BCUT2D eigenvalue weighted by atomic mass is 10.1. The van der Waals surface area contributed by atoms with Gasteiger partial charge in [0.05, 0.1) is 5.56 Å². The Labute approximate surface area is 102 Å². The third-order valence-corrected chi connectivity index (χ3v) is 2.30. The molecule has 0 aliphatic heterocycles. The predicted octanol–water partition coefficient (Wildman–Crippen LogP) is 4.08. The highest BCUT2D eigenvalue weighted by Crippen LogP contribution is 2.32. The van der Waals surface area contributed by atoms with Crippen LogP contribution >= 0.6 is 0 Å². The van der Waals surface area contributed by atoms with Crippen molar-refractivity contribution in [3.8, 4) is 0 Å². The van der Waals surface area contributed by atoms with E-state index in [1.807, 2.05) is 0 Å². The van der Waals surface area contributed by atoms with Crippen molar-refractivity contribution < 1.29 is 22.4 Å². The van der Waals surface area contributed by atoms with Crippen LogP contribution in [-0.4, -0.2) is 5.78 Å². The second-order valence-corrected chi connectivity index (χ2v) is 4.13. The van der Waals surface area contributed by atoms with Crippen molar-refractivity contribution in [1.82, 2.24) is 0 Å². The summed E-state index contributed by atoms with van der Waals surface area (Å²) in [7, 11) is 0. The van der Waals surface area contributed by atoms with Crippen molar-refractivity contribution in [3.63, 3.8) is 0 Å². The largest absolute Gasteiger partial charge is 0.419 e. The van der Waals surface area contributed by atoms with Gasteiger partial charge in [0.2, 0.25) is 0 Å². The lowest BCUT2D eigenvalue weighted by Crippen LogP contribution is -2.08. The molecule has 5 heteroatoms. The zero-order valence-electron chi connectivity index (χ0n) is 9.88. The molecule has 1 rings (SSSR count). The van der Waals surface area contributed by atoms with Crippen LogP contribution in [0.1, 0.15) is 25.0 Å². The first-order valence-electron chi connectivity index (χ1n) is 5.30. The van der Waals surface area contributed by atoms with E-state index in [9.17, 15) is 22.4 Å². The number of benzene rings is 1. The Morgan fingerprint density at radius 3 is 2.39 bits per heavy atom. The molecule has 0 heterocycles. The van der Waals surface area contributed by atoms with Crippen molar-refractivity contribution in [2.24, 2.45) is 5.92 Å². The minimum atomic E-state index is -4.74. The van der Waals surface area contributed by atoms with Gasteiger partial charge in [-0.1, -0.05) is 26.0 Å². The van der Waals surface area contributed by atoms with Gasteiger partial charge < -0.3 is 0 Å². The van der Waals surface area contributed by atoms with Gasteiger partial charge in [0.1, 0.15) is 5.82 Å². The normalized spacial score (nSPS) is 12.4. The fraction of sp³-hybridized carbons (Fsp3) is 0.308. The molecule has 0 atom stereocenters. The Morgan fingerprint density at radius 2 is 1.89 bits per heavy atom. The van der Waals surface area contributed by atoms with Crippen LogP contribution in [0.2, 0.25) is 0 Å². The second-order valence-electron chi connectivity index (χ2n) is 4.13. The van der Waals surface area contributed by atoms with Crippen molar-refractivity contribution in [3.05, 3.63) is 41.2 Å². The van der Waals surface area contributed by atoms with Crippen LogP contribution in [0.4, 0.5) is 17.6 Å². The number of hydrogen-bond acceptors (Lipinski definition) is 1. The summed E-state index contributed by atoms with van der Waals surface area (Å²) in [5.74, 6) is -1.76. The van der Waals surface area contributed by atoms with Crippen LogP contribution in [-0.2, 0) is 11.0 Å². The summed E-state index contributed by atoms with van der Waals surface area (Å²) < 4.78 is 50.3. The van der Waals surface area contributed by atoms with Crippen LogP contribution < -0.4 is 0 Å². The van der Waals surface area contributed by atoms with Crippen molar-refractivity contribution >= 4 is 11.9 Å². The minimum absolute atomic E-state index is 0.137. The summed E-state index contributed by atoms with van der Waals surface area (Å²) in [4.78, 5) is 11.3. The number of allylic oxidation sites excluding steroid dienone is 1. The van der Waals surface area contributed by atoms with E-state index in [2.05, 4.69) is 0 Å². The molecule has 0 fully saturated rings. The first-order valence-corrected chi connectivity index (χ1v) is 5.30. The molecule has 1 aromatic carbocycles. The summed E-state index contributed by atoms with van der Waals surface area (Å²) >= 11 is 0. The van der Waals surface area contributed by atoms with Gasteiger partial charge in [-0.3, -0.25) is 4.79 Å². The van der Waals surface area contributed by atoms with E-state index in [1.54, 1.807) is 13.8 Å². The molecular weight excluding hydrogens is 248 g/mol. The lowest BCUT2D eigenvalue weighted by molar-refractivity contribution is -0.140. The van der Waals surface area contributed by atoms with Gasteiger partial charge in [-0.05, 0) is 23.8 Å². The Hall–Kier alpha value is -1.65. The van der Waals surface area contributed by atoms with E-state index in [0.717, 1.165) is 6.07 Å². The maximum atomic E-state index is 13.0. The Balaban J connectivity index is 3.03. The van der Waals surface area contributed by atoms with Gasteiger partial charge in [0, 0.05) is 5.92 Å². The summed E-state index contributed by atoms with van der Waals surface area (Å²) in [6, 6.07) is 2.61. The lowest BCUT2D eigenvalue weighted by Gasteiger charge is -2.08. The summed E-state index contributed by atoms with van der Waals surface area (Å²) in [5, 5.41) is 0. The molecule has 0 aliphatic carbocycles. The average molecular weight is 260 g/mol. The van der Waals surface area contributed by atoms with Crippen LogP contribution in [0, 0.1) is 11.7 Å². The molecule has 1 nitrogen and oxygen atoms in total. The first-order chi connectivity index (χ1) is 8.21. The van der Waals surface area contributed by atoms with Crippen molar-refractivity contribution in [1.29, 1.82) is 0 Å². The molecule has 18 heavy (non-hydrogen) atoms. The number of ketones is 1. The highest BCUT2D eigenvalue weighted by atomic mass is 19.4. The fourth-order valence-corrected chi connectivity index (χ4v) is 1.23. The number of halogens is 4. The van der Waals surface area contributed by atoms with E-state index in [4.69, 9.17) is 0 Å². The quantitative estimate of drug-likeness (QED) is 0.591. The molecule has 0 unspecified atom stereocenters. The Kier molecular flexibility index (Phi) is 4.27. The van der Waals surface area contributed by atoms with Gasteiger partial charge in [-0.15, -0.1) is 0 Å². The van der Waals surface area contributed by atoms with Crippen LogP contribution in [0.5, 0.6) is 0 Å². The molecule has 0 amide bonds. The first kappa shape index (κ1) is 14.4. The van der Waals surface area contributed by atoms with E-state index >= 15 is 0 Å². The van der Waals surface area contributed by atoms with Gasteiger partial charge in [-0.25, -0.2) is 4.39 Å². The molecule has 0 aliphatic rings. The topological polar surface area (TPSA) is 17.1 Å². The number of carbonyl (C=O) groups is 1. The van der Waals surface area contributed by atoms with E-state index in [-0.39, 0.29) is 17.3 Å². The van der Waals surface area contributed by atoms with Crippen LogP contribution in [0.25, 0.3) is 6.08 Å². The van der Waals surface area contributed by atoms with Crippen molar-refractivity contribution in [2.75, 3.05) is 0 Å². The Morgan fingerprint density at radius 1 is 1.28 bits per heavy atom. The zero-order valence-corrected chi connectivity index (χ0v) is 9.88. The van der Waals surface area contributed by atoms with Gasteiger partial charge >= 0.3 is 6.18 Å². The number of hydrogen-bond donors (Lipinski definition) is 0. The SMILES string of the molecule is CC(C)C(=O)C=Cc1ccc(F)c(C(F)(F)F)c1. The number of alkyl halides is 3. The third kappa shape index (κ3) is 3.68. The zero-order chi connectivity index (χ0) is 13.9. The average Bonchev–Trinajstić information content (AvgIpc) is 2.25. The minimum Gasteiger partial charge on any atom is -0.295 e. The maximum Gasteiger partial charge on any atom is 0.419 e. The highest BCUT2D eigenvalue weighted by molar-refractivity contribution is 5.94. The second kappa shape index (κ2) is 5.33. The molecule has 0 bridgehead atoms. The molecule has 0 saturated heterocycles. The standard InChI is InChI=1S/C13H12F4O/c1-8(2)12(18)6-4-9-3-5-11(14)10(7-9)13(15,16)17/h3-8H,1-2H3. The highest BCUT2D eigenvalue weighted by Gasteiger charge is 2.33. The molecule has 0 N–H and O–H groups in total.